The number of likely N-dealkylation sites (tertiary alicyclic amines) is 1. The van der Waals surface area contributed by atoms with Gasteiger partial charge in [-0.05, 0) is 25.0 Å². The Morgan fingerprint density at radius 3 is 2.85 bits per heavy atom. The highest BCUT2D eigenvalue weighted by Crippen LogP contribution is 2.19. The number of guanidine groups is 1. The lowest BCUT2D eigenvalue weighted by molar-refractivity contribution is -0.129. The fourth-order valence-corrected chi connectivity index (χ4v) is 3.15. The van der Waals surface area contributed by atoms with Crippen molar-refractivity contribution in [3.05, 3.63) is 35.2 Å². The van der Waals surface area contributed by atoms with Gasteiger partial charge in [0.25, 0.3) is 0 Å². The molecule has 8 nitrogen and oxygen atoms in total. The van der Waals surface area contributed by atoms with Crippen molar-refractivity contribution in [2.24, 2.45) is 4.99 Å². The lowest BCUT2D eigenvalue weighted by Gasteiger charge is -2.32. The quantitative estimate of drug-likeness (QED) is 0.613. The van der Waals surface area contributed by atoms with E-state index in [4.69, 9.17) is 16.1 Å². The molecule has 1 aliphatic heterocycles. The van der Waals surface area contributed by atoms with Gasteiger partial charge in [0.2, 0.25) is 17.6 Å². The van der Waals surface area contributed by atoms with Crippen molar-refractivity contribution in [2.45, 2.75) is 32.4 Å². The first kappa shape index (κ1) is 19.2. The predicted octanol–water partition coefficient (Wildman–Crippen LogP) is 2.07. The number of carbonyl (C=O) groups is 1. The molecule has 0 bridgehead atoms. The zero-order valence-electron chi connectivity index (χ0n) is 15.4. The molecular formula is C18H23ClN6O2. The number of rotatable bonds is 4. The Hall–Kier alpha value is -2.61. The number of hydrogen-bond acceptors (Lipinski definition) is 5. The molecule has 1 fully saturated rings. The Bertz CT molecular complexity index is 814. The molecule has 1 aromatic carbocycles. The summed E-state index contributed by atoms with van der Waals surface area (Å²) in [5.74, 6) is 1.75. The van der Waals surface area contributed by atoms with Crippen LogP contribution in [0, 0.1) is 0 Å². The van der Waals surface area contributed by atoms with Crippen LogP contribution in [0.25, 0.3) is 11.4 Å². The molecule has 3 rings (SSSR count). The summed E-state index contributed by atoms with van der Waals surface area (Å²) in [5.41, 5.74) is 0.803. The monoisotopic (exact) mass is 390 g/mol. The summed E-state index contributed by atoms with van der Waals surface area (Å²) in [7, 11) is 1.71. The maximum atomic E-state index is 11.4. The van der Waals surface area contributed by atoms with Crippen LogP contribution < -0.4 is 10.6 Å². The van der Waals surface area contributed by atoms with Gasteiger partial charge < -0.3 is 20.1 Å². The fraction of sp³-hybridized carbons (Fsp3) is 0.444. The molecule has 2 heterocycles. The molecule has 0 radical (unpaired) electrons. The molecule has 27 heavy (non-hydrogen) atoms. The van der Waals surface area contributed by atoms with Gasteiger partial charge in [-0.2, -0.15) is 4.98 Å². The number of hydrogen-bond donors (Lipinski definition) is 2. The lowest BCUT2D eigenvalue weighted by atomic mass is 10.1. The van der Waals surface area contributed by atoms with E-state index in [2.05, 4.69) is 25.8 Å². The Kier molecular flexibility index (Phi) is 6.28. The van der Waals surface area contributed by atoms with E-state index in [1.54, 1.807) is 26.1 Å². The highest BCUT2D eigenvalue weighted by atomic mass is 35.5. The standard InChI is InChI=1S/C18H23ClN6O2/c1-12(26)25-8-6-15(7-9-25)22-18(20-2)21-11-16-23-17(24-27-16)13-4-3-5-14(19)10-13/h3-5,10,15H,6-9,11H2,1-2H3,(H2,20,21,22). The summed E-state index contributed by atoms with van der Waals surface area (Å²) >= 11 is 6.00. The molecule has 9 heteroatoms. The predicted molar refractivity (Wildman–Crippen MR) is 103 cm³/mol. The SMILES string of the molecule is CN=C(NCc1nc(-c2cccc(Cl)c2)no1)NC1CCN(C(C)=O)CC1. The molecule has 1 aliphatic rings. The van der Waals surface area contributed by atoms with Crippen molar-refractivity contribution in [1.82, 2.24) is 25.7 Å². The minimum Gasteiger partial charge on any atom is -0.354 e. The summed E-state index contributed by atoms with van der Waals surface area (Å²) in [6.07, 6.45) is 1.78. The summed E-state index contributed by atoms with van der Waals surface area (Å²) in [6.45, 7) is 3.49. The number of amides is 1. The van der Waals surface area contributed by atoms with Crippen molar-refractivity contribution < 1.29 is 9.32 Å². The highest BCUT2D eigenvalue weighted by Gasteiger charge is 2.21. The van der Waals surface area contributed by atoms with Gasteiger partial charge in [-0.25, -0.2) is 0 Å². The topological polar surface area (TPSA) is 95.7 Å². The minimum atomic E-state index is 0.128. The molecular weight excluding hydrogens is 368 g/mol. The van der Waals surface area contributed by atoms with Gasteiger partial charge in [-0.3, -0.25) is 9.79 Å². The molecule has 2 aromatic rings. The largest absolute Gasteiger partial charge is 0.354 e. The summed E-state index contributed by atoms with van der Waals surface area (Å²) in [6, 6.07) is 7.58. The van der Waals surface area contributed by atoms with Gasteiger partial charge >= 0.3 is 0 Å². The first-order chi connectivity index (χ1) is 13.0. The van der Waals surface area contributed by atoms with Crippen LogP contribution in [0.1, 0.15) is 25.7 Å². The van der Waals surface area contributed by atoms with Crippen LogP contribution in [0.4, 0.5) is 0 Å². The van der Waals surface area contributed by atoms with Crippen molar-refractivity contribution >= 4 is 23.5 Å². The van der Waals surface area contributed by atoms with Crippen LogP contribution in [0.15, 0.2) is 33.8 Å². The molecule has 144 valence electrons. The van der Waals surface area contributed by atoms with Crippen LogP contribution in [-0.2, 0) is 11.3 Å². The number of nitrogens with one attached hydrogen (secondary N) is 2. The number of aromatic nitrogens is 2. The van der Waals surface area contributed by atoms with Gasteiger partial charge in [-0.15, -0.1) is 0 Å². The van der Waals surface area contributed by atoms with E-state index in [0.29, 0.717) is 29.2 Å². The zero-order valence-corrected chi connectivity index (χ0v) is 16.2. The second-order valence-electron chi connectivity index (χ2n) is 6.37. The Labute approximate surface area is 163 Å². The number of carbonyl (C=O) groups excluding carboxylic acids is 1. The van der Waals surface area contributed by atoms with E-state index in [0.717, 1.165) is 31.5 Å². The molecule has 2 N–H and O–H groups in total. The summed E-state index contributed by atoms with van der Waals surface area (Å²) in [4.78, 5) is 21.9. The van der Waals surface area contributed by atoms with Crippen LogP contribution in [0.3, 0.4) is 0 Å². The number of halogens is 1. The average Bonchev–Trinajstić information content (AvgIpc) is 3.14. The van der Waals surface area contributed by atoms with Crippen LogP contribution in [0.5, 0.6) is 0 Å². The normalized spacial score (nSPS) is 15.7. The van der Waals surface area contributed by atoms with Crippen molar-refractivity contribution in [3.63, 3.8) is 0 Å². The molecule has 1 aromatic heterocycles. The van der Waals surface area contributed by atoms with Crippen LogP contribution >= 0.6 is 11.6 Å². The molecule has 0 unspecified atom stereocenters. The third-order valence-electron chi connectivity index (χ3n) is 4.46. The summed E-state index contributed by atoms with van der Waals surface area (Å²) in [5, 5.41) is 11.2. The third-order valence-corrected chi connectivity index (χ3v) is 4.70. The Morgan fingerprint density at radius 2 is 2.19 bits per heavy atom. The van der Waals surface area contributed by atoms with E-state index in [1.165, 1.54) is 0 Å². The fourth-order valence-electron chi connectivity index (χ4n) is 2.96. The van der Waals surface area contributed by atoms with Gasteiger partial charge in [0.1, 0.15) is 0 Å². The van der Waals surface area contributed by atoms with Gasteiger partial charge in [0, 0.05) is 43.7 Å². The van der Waals surface area contributed by atoms with E-state index in [1.807, 2.05) is 17.0 Å². The second-order valence-corrected chi connectivity index (χ2v) is 6.81. The van der Waals surface area contributed by atoms with E-state index in [9.17, 15) is 4.79 Å². The highest BCUT2D eigenvalue weighted by molar-refractivity contribution is 6.30. The first-order valence-corrected chi connectivity index (χ1v) is 9.24. The smallest absolute Gasteiger partial charge is 0.246 e. The molecule has 0 spiro atoms. The molecule has 0 saturated carbocycles. The maximum Gasteiger partial charge on any atom is 0.246 e. The number of piperidine rings is 1. The Morgan fingerprint density at radius 1 is 1.41 bits per heavy atom. The molecule has 0 aliphatic carbocycles. The van der Waals surface area contributed by atoms with Gasteiger partial charge in [-0.1, -0.05) is 28.9 Å². The van der Waals surface area contributed by atoms with E-state index < -0.39 is 0 Å². The summed E-state index contributed by atoms with van der Waals surface area (Å²) < 4.78 is 5.29. The Balaban J connectivity index is 1.51. The third kappa shape index (κ3) is 5.19. The van der Waals surface area contributed by atoms with Crippen molar-refractivity contribution in [2.75, 3.05) is 20.1 Å². The number of benzene rings is 1. The van der Waals surface area contributed by atoms with Crippen molar-refractivity contribution in [3.8, 4) is 11.4 Å². The lowest BCUT2D eigenvalue weighted by Crippen LogP contribution is -2.49. The number of nitrogens with zero attached hydrogens (tertiary/aromatic N) is 4. The molecule has 0 atom stereocenters. The van der Waals surface area contributed by atoms with Crippen LogP contribution in [-0.4, -0.2) is 53.1 Å². The minimum absolute atomic E-state index is 0.128. The molecule has 1 amide bonds. The van der Waals surface area contributed by atoms with Crippen LogP contribution in [0.2, 0.25) is 5.02 Å². The number of aliphatic imine (C=N–C) groups is 1. The van der Waals surface area contributed by atoms with E-state index >= 15 is 0 Å². The molecule has 1 saturated heterocycles. The van der Waals surface area contributed by atoms with E-state index in [-0.39, 0.29) is 11.9 Å². The average molecular weight is 391 g/mol. The van der Waals surface area contributed by atoms with Gasteiger partial charge in [0.05, 0.1) is 6.54 Å². The van der Waals surface area contributed by atoms with Crippen molar-refractivity contribution in [1.29, 1.82) is 0 Å². The second kappa shape index (κ2) is 8.85. The maximum absolute atomic E-state index is 11.4. The van der Waals surface area contributed by atoms with Gasteiger partial charge in [0.15, 0.2) is 5.96 Å². The zero-order chi connectivity index (χ0) is 19.2. The first-order valence-electron chi connectivity index (χ1n) is 8.86.